The van der Waals surface area contributed by atoms with Crippen LogP contribution in [0.5, 0.6) is 0 Å². The summed E-state index contributed by atoms with van der Waals surface area (Å²) in [5.41, 5.74) is 0.769. The number of nitrogens with zero attached hydrogens (tertiary/aromatic N) is 1. The normalized spacial score (nSPS) is 15.9. The summed E-state index contributed by atoms with van der Waals surface area (Å²) < 4.78 is 37.7. The first-order valence-electron chi connectivity index (χ1n) is 8.91. The minimum absolute atomic E-state index is 0.167. The Labute approximate surface area is 163 Å². The average Bonchev–Trinajstić information content (AvgIpc) is 2.68. The molecule has 0 saturated carbocycles. The predicted octanol–water partition coefficient (Wildman–Crippen LogP) is 2.21. The van der Waals surface area contributed by atoms with E-state index in [1.54, 1.807) is 24.3 Å². The molecule has 8 heteroatoms. The summed E-state index contributed by atoms with van der Waals surface area (Å²) in [4.78, 5) is 25.5. The Balaban J connectivity index is 1.73. The monoisotopic (exact) mass is 404 g/mol. The predicted molar refractivity (Wildman–Crippen MR) is 103 cm³/mol. The highest BCUT2D eigenvalue weighted by Crippen LogP contribution is 2.18. The summed E-state index contributed by atoms with van der Waals surface area (Å²) in [6.07, 6.45) is 2.18. The first-order valence-corrected chi connectivity index (χ1v) is 10.8. The van der Waals surface area contributed by atoms with Gasteiger partial charge in [0.1, 0.15) is 5.82 Å². The smallest absolute Gasteiger partial charge is 0.252 e. The average molecular weight is 404 g/mol. The van der Waals surface area contributed by atoms with Gasteiger partial charge in [0, 0.05) is 30.3 Å². The maximum absolute atomic E-state index is 13.1. The molecule has 0 atom stereocenters. The zero-order chi connectivity index (χ0) is 20.3. The van der Waals surface area contributed by atoms with E-state index >= 15 is 0 Å². The van der Waals surface area contributed by atoms with Crippen LogP contribution < -0.4 is 5.32 Å². The highest BCUT2D eigenvalue weighted by Gasteiger charge is 2.27. The fourth-order valence-corrected chi connectivity index (χ4v) is 4.10. The second-order valence-corrected chi connectivity index (χ2v) is 8.77. The highest BCUT2D eigenvalue weighted by atomic mass is 32.2. The number of piperidine rings is 1. The van der Waals surface area contributed by atoms with E-state index in [1.165, 1.54) is 34.8 Å². The lowest BCUT2D eigenvalue weighted by Gasteiger charge is -2.30. The Morgan fingerprint density at radius 2 is 1.57 bits per heavy atom. The van der Waals surface area contributed by atoms with E-state index in [1.807, 2.05) is 0 Å². The number of carbonyl (C=O) groups excluding carboxylic acids is 2. The molecule has 3 rings (SSSR count). The Morgan fingerprint density at radius 1 is 1.00 bits per heavy atom. The van der Waals surface area contributed by atoms with Gasteiger partial charge in [-0.25, -0.2) is 17.1 Å². The number of rotatable bonds is 5. The number of sulfonamides is 1. The second kappa shape index (κ2) is 8.20. The third-order valence-electron chi connectivity index (χ3n) is 4.78. The van der Waals surface area contributed by atoms with E-state index in [0.29, 0.717) is 31.5 Å². The first-order chi connectivity index (χ1) is 13.3. The molecule has 0 spiro atoms. The van der Waals surface area contributed by atoms with E-state index in [2.05, 4.69) is 5.32 Å². The van der Waals surface area contributed by atoms with Crippen LogP contribution in [0.3, 0.4) is 0 Å². The molecule has 0 bridgehead atoms. The summed E-state index contributed by atoms with van der Waals surface area (Å²) in [5, 5.41) is 2.89. The lowest BCUT2D eigenvalue weighted by Crippen LogP contribution is -2.46. The summed E-state index contributed by atoms with van der Waals surface area (Å²) in [6.45, 7) is 0.694. The van der Waals surface area contributed by atoms with Crippen LogP contribution in [-0.2, 0) is 10.0 Å². The molecule has 0 aliphatic carbocycles. The van der Waals surface area contributed by atoms with E-state index in [0.717, 1.165) is 0 Å². The van der Waals surface area contributed by atoms with Gasteiger partial charge in [0.2, 0.25) is 10.0 Å². The fourth-order valence-electron chi connectivity index (χ4n) is 3.23. The maximum atomic E-state index is 13.1. The van der Waals surface area contributed by atoms with Crippen LogP contribution in [0.25, 0.3) is 0 Å². The van der Waals surface area contributed by atoms with Crippen molar-refractivity contribution < 1.29 is 22.4 Å². The molecule has 1 saturated heterocycles. The Hall–Kier alpha value is -2.58. The molecular weight excluding hydrogens is 383 g/mol. The molecule has 2 aromatic carbocycles. The van der Waals surface area contributed by atoms with Gasteiger partial charge in [-0.3, -0.25) is 9.59 Å². The molecule has 1 aliphatic heterocycles. The molecule has 1 aliphatic rings. The van der Waals surface area contributed by atoms with Gasteiger partial charge in [-0.1, -0.05) is 18.2 Å². The number of benzene rings is 2. The zero-order valence-corrected chi connectivity index (χ0v) is 16.2. The molecule has 6 nitrogen and oxygen atoms in total. The van der Waals surface area contributed by atoms with Crippen LogP contribution in [-0.4, -0.2) is 49.8 Å². The van der Waals surface area contributed by atoms with Crippen LogP contribution in [0.4, 0.5) is 4.39 Å². The van der Waals surface area contributed by atoms with E-state index in [9.17, 15) is 22.4 Å². The molecule has 148 valence electrons. The lowest BCUT2D eigenvalue weighted by molar-refractivity contribution is 0.0914. The minimum Gasteiger partial charge on any atom is -0.349 e. The number of ketones is 1. The summed E-state index contributed by atoms with van der Waals surface area (Å²) in [5.74, 6) is -1.19. The van der Waals surface area contributed by atoms with Crippen LogP contribution >= 0.6 is 0 Å². The van der Waals surface area contributed by atoms with Crippen molar-refractivity contribution in [2.45, 2.75) is 18.9 Å². The van der Waals surface area contributed by atoms with Crippen molar-refractivity contribution in [3.63, 3.8) is 0 Å². The number of nitrogens with one attached hydrogen (secondary N) is 1. The van der Waals surface area contributed by atoms with Gasteiger partial charge in [-0.2, -0.15) is 0 Å². The van der Waals surface area contributed by atoms with Crippen molar-refractivity contribution in [3.05, 3.63) is 71.0 Å². The van der Waals surface area contributed by atoms with Gasteiger partial charge in [-0.15, -0.1) is 0 Å². The largest absolute Gasteiger partial charge is 0.349 e. The summed E-state index contributed by atoms with van der Waals surface area (Å²) in [6, 6.07) is 11.5. The number of amides is 1. The minimum atomic E-state index is -3.23. The molecule has 1 N–H and O–H groups in total. The van der Waals surface area contributed by atoms with Gasteiger partial charge < -0.3 is 5.32 Å². The highest BCUT2D eigenvalue weighted by molar-refractivity contribution is 7.88. The van der Waals surface area contributed by atoms with Crippen molar-refractivity contribution in [2.75, 3.05) is 19.3 Å². The molecule has 0 radical (unpaired) electrons. The zero-order valence-electron chi connectivity index (χ0n) is 15.4. The quantitative estimate of drug-likeness (QED) is 0.775. The molecule has 28 heavy (non-hydrogen) atoms. The van der Waals surface area contributed by atoms with Crippen molar-refractivity contribution in [1.82, 2.24) is 9.62 Å². The van der Waals surface area contributed by atoms with Gasteiger partial charge in [0.15, 0.2) is 5.78 Å². The standard InChI is InChI=1S/C20H21FN2O4S/c1-28(26,27)23-12-10-16(11-13-23)22-20(25)18-5-3-2-4-17(18)19(24)14-6-8-15(21)9-7-14/h2-9,16H,10-13H2,1H3,(H,22,25). The van der Waals surface area contributed by atoms with E-state index in [4.69, 9.17) is 0 Å². The van der Waals surface area contributed by atoms with Crippen molar-refractivity contribution in [1.29, 1.82) is 0 Å². The van der Waals surface area contributed by atoms with Crippen LogP contribution in [0, 0.1) is 5.82 Å². The molecule has 1 amide bonds. The summed E-state index contributed by atoms with van der Waals surface area (Å²) >= 11 is 0. The third kappa shape index (κ3) is 4.63. The fraction of sp³-hybridized carbons (Fsp3) is 0.300. The second-order valence-electron chi connectivity index (χ2n) is 6.79. The third-order valence-corrected chi connectivity index (χ3v) is 6.08. The Bertz CT molecular complexity index is 982. The molecule has 1 heterocycles. The first kappa shape index (κ1) is 20.2. The molecule has 0 aromatic heterocycles. The lowest BCUT2D eigenvalue weighted by atomic mass is 9.97. The number of hydrogen-bond acceptors (Lipinski definition) is 4. The van der Waals surface area contributed by atoms with Crippen molar-refractivity contribution >= 4 is 21.7 Å². The van der Waals surface area contributed by atoms with Crippen molar-refractivity contribution in [3.8, 4) is 0 Å². The van der Waals surface area contributed by atoms with Crippen LogP contribution in [0.2, 0.25) is 0 Å². The van der Waals surface area contributed by atoms with Crippen molar-refractivity contribution in [2.24, 2.45) is 0 Å². The van der Waals surface area contributed by atoms with Gasteiger partial charge in [-0.05, 0) is 43.2 Å². The van der Waals surface area contributed by atoms with Gasteiger partial charge in [0.05, 0.1) is 11.8 Å². The molecule has 0 unspecified atom stereocenters. The Morgan fingerprint density at radius 3 is 2.14 bits per heavy atom. The molecule has 1 fully saturated rings. The summed E-state index contributed by atoms with van der Waals surface area (Å²) in [7, 11) is -3.23. The maximum Gasteiger partial charge on any atom is 0.252 e. The van der Waals surface area contributed by atoms with Crippen LogP contribution in [0.1, 0.15) is 39.1 Å². The SMILES string of the molecule is CS(=O)(=O)N1CCC(NC(=O)c2ccccc2C(=O)c2ccc(F)cc2)CC1. The number of hydrogen-bond donors (Lipinski definition) is 1. The topological polar surface area (TPSA) is 83.6 Å². The van der Waals surface area contributed by atoms with E-state index in [-0.39, 0.29) is 28.9 Å². The molecule has 2 aromatic rings. The Kier molecular flexibility index (Phi) is 5.90. The van der Waals surface area contributed by atoms with Crippen LogP contribution in [0.15, 0.2) is 48.5 Å². The van der Waals surface area contributed by atoms with Gasteiger partial charge >= 0.3 is 0 Å². The number of halogens is 1. The van der Waals surface area contributed by atoms with E-state index < -0.39 is 15.8 Å². The van der Waals surface area contributed by atoms with Gasteiger partial charge in [0.25, 0.3) is 5.91 Å². The molecular formula is C20H21FN2O4S. The number of carbonyl (C=O) groups is 2.